The van der Waals surface area contributed by atoms with Gasteiger partial charge in [-0.15, -0.1) is 0 Å². The van der Waals surface area contributed by atoms with E-state index in [9.17, 15) is 9.90 Å². The lowest BCUT2D eigenvalue weighted by Gasteiger charge is -2.14. The fraction of sp³-hybridized carbons (Fsp3) is 0.333. The van der Waals surface area contributed by atoms with E-state index in [1.807, 2.05) is 51.4 Å². The molecule has 6 heteroatoms. The van der Waals surface area contributed by atoms with Crippen LogP contribution in [-0.4, -0.2) is 20.8 Å². The topological polar surface area (TPSA) is 80.3 Å². The third-order valence-corrected chi connectivity index (χ3v) is 4.54. The molecular weight excluding hydrogens is 342 g/mol. The predicted octanol–water partition coefficient (Wildman–Crippen LogP) is 4.53. The SMILES string of the molecule is Cc1cc(C)n(Cc2ccc(C(=O)Nc3cc(C(C)C)c(O)cc3C)o2)n1. The van der Waals surface area contributed by atoms with Crippen LogP contribution in [0.3, 0.4) is 0 Å². The van der Waals surface area contributed by atoms with Gasteiger partial charge < -0.3 is 14.8 Å². The maximum absolute atomic E-state index is 12.6. The standard InChI is InChI=1S/C21H25N3O3/c1-12(2)17-10-18(13(3)8-19(17)25)22-21(26)20-7-6-16(27-20)11-24-15(5)9-14(4)23-24/h6-10,12,25H,11H2,1-5H3,(H,22,26). The van der Waals surface area contributed by atoms with E-state index < -0.39 is 0 Å². The lowest BCUT2D eigenvalue weighted by molar-refractivity contribution is 0.0994. The number of nitrogens with zero attached hydrogens (tertiary/aromatic N) is 2. The highest BCUT2D eigenvalue weighted by Gasteiger charge is 2.16. The number of anilines is 1. The van der Waals surface area contributed by atoms with E-state index >= 15 is 0 Å². The van der Waals surface area contributed by atoms with Crippen molar-refractivity contribution in [1.29, 1.82) is 0 Å². The summed E-state index contributed by atoms with van der Waals surface area (Å²) in [7, 11) is 0. The smallest absolute Gasteiger partial charge is 0.291 e. The number of rotatable bonds is 5. The molecule has 2 heterocycles. The molecule has 0 aliphatic heterocycles. The lowest BCUT2D eigenvalue weighted by Crippen LogP contribution is -2.12. The second-order valence-corrected chi connectivity index (χ2v) is 7.19. The molecule has 0 radical (unpaired) electrons. The zero-order valence-electron chi connectivity index (χ0n) is 16.3. The predicted molar refractivity (Wildman–Crippen MR) is 104 cm³/mol. The summed E-state index contributed by atoms with van der Waals surface area (Å²) in [6.07, 6.45) is 0. The van der Waals surface area contributed by atoms with Gasteiger partial charge in [-0.25, -0.2) is 0 Å². The van der Waals surface area contributed by atoms with Gasteiger partial charge >= 0.3 is 0 Å². The fourth-order valence-electron chi connectivity index (χ4n) is 3.06. The number of carbonyl (C=O) groups excluding carboxylic acids is 1. The van der Waals surface area contributed by atoms with Crippen LogP contribution >= 0.6 is 0 Å². The van der Waals surface area contributed by atoms with Gasteiger partial charge in [-0.1, -0.05) is 13.8 Å². The molecule has 6 nitrogen and oxygen atoms in total. The normalized spacial score (nSPS) is 11.2. The van der Waals surface area contributed by atoms with Gasteiger partial charge in [-0.05, 0) is 68.1 Å². The van der Waals surface area contributed by atoms with E-state index in [2.05, 4.69) is 10.4 Å². The number of nitrogens with one attached hydrogen (secondary N) is 1. The molecule has 1 aromatic carbocycles. The summed E-state index contributed by atoms with van der Waals surface area (Å²) in [5.74, 6) is 0.975. The van der Waals surface area contributed by atoms with Crippen LogP contribution in [0.2, 0.25) is 0 Å². The monoisotopic (exact) mass is 367 g/mol. The summed E-state index contributed by atoms with van der Waals surface area (Å²) >= 11 is 0. The van der Waals surface area contributed by atoms with Crippen molar-refractivity contribution in [1.82, 2.24) is 9.78 Å². The summed E-state index contributed by atoms with van der Waals surface area (Å²) in [6.45, 7) is 10.2. The van der Waals surface area contributed by atoms with Crippen LogP contribution in [0, 0.1) is 20.8 Å². The molecule has 0 aliphatic rings. The Bertz CT molecular complexity index is 983. The number of aromatic hydroxyl groups is 1. The number of phenolic OH excluding ortho intramolecular Hbond substituents is 1. The maximum Gasteiger partial charge on any atom is 0.291 e. The molecule has 27 heavy (non-hydrogen) atoms. The van der Waals surface area contributed by atoms with E-state index in [0.717, 1.165) is 22.5 Å². The molecule has 0 spiro atoms. The quantitative estimate of drug-likeness (QED) is 0.649. The van der Waals surface area contributed by atoms with Crippen LogP contribution in [0.15, 0.2) is 34.7 Å². The number of carbonyl (C=O) groups is 1. The first-order chi connectivity index (χ1) is 12.7. The van der Waals surface area contributed by atoms with Crippen molar-refractivity contribution in [3.8, 4) is 5.75 Å². The number of furan rings is 1. The van der Waals surface area contributed by atoms with E-state index in [0.29, 0.717) is 18.0 Å². The number of aryl methyl sites for hydroxylation is 3. The molecule has 0 bridgehead atoms. The molecule has 2 aromatic heterocycles. The molecule has 0 aliphatic carbocycles. The summed E-state index contributed by atoms with van der Waals surface area (Å²) in [5, 5.41) is 17.3. The van der Waals surface area contributed by atoms with Gasteiger partial charge in [-0.2, -0.15) is 5.10 Å². The van der Waals surface area contributed by atoms with E-state index in [1.54, 1.807) is 18.2 Å². The molecule has 142 valence electrons. The molecule has 0 unspecified atom stereocenters. The van der Waals surface area contributed by atoms with E-state index in [-0.39, 0.29) is 23.3 Å². The molecular formula is C21H25N3O3. The highest BCUT2D eigenvalue weighted by molar-refractivity contribution is 6.02. The number of phenols is 1. The first kappa shape index (κ1) is 18.8. The summed E-state index contributed by atoms with van der Waals surface area (Å²) in [5.41, 5.74) is 4.23. The van der Waals surface area contributed by atoms with Crippen molar-refractivity contribution in [2.75, 3.05) is 5.32 Å². The molecule has 0 fully saturated rings. The zero-order chi connectivity index (χ0) is 19.7. The van der Waals surface area contributed by atoms with Gasteiger partial charge in [0.2, 0.25) is 0 Å². The van der Waals surface area contributed by atoms with Crippen molar-refractivity contribution in [2.45, 2.75) is 47.1 Å². The average Bonchev–Trinajstić information content (AvgIpc) is 3.16. The first-order valence-electron chi connectivity index (χ1n) is 8.99. The molecule has 1 amide bonds. The van der Waals surface area contributed by atoms with Gasteiger partial charge in [0, 0.05) is 11.4 Å². The molecule has 3 aromatic rings. The number of amides is 1. The van der Waals surface area contributed by atoms with Gasteiger partial charge in [0.1, 0.15) is 11.5 Å². The Morgan fingerprint density at radius 2 is 1.96 bits per heavy atom. The largest absolute Gasteiger partial charge is 0.508 e. The van der Waals surface area contributed by atoms with Crippen LogP contribution in [0.4, 0.5) is 5.69 Å². The Balaban J connectivity index is 1.77. The second-order valence-electron chi connectivity index (χ2n) is 7.19. The molecule has 0 saturated heterocycles. The molecule has 0 atom stereocenters. The molecule has 3 rings (SSSR count). The van der Waals surface area contributed by atoms with Crippen LogP contribution in [0.5, 0.6) is 5.75 Å². The lowest BCUT2D eigenvalue weighted by atomic mass is 9.99. The van der Waals surface area contributed by atoms with Crippen LogP contribution in [0.25, 0.3) is 0 Å². The number of hydrogen-bond donors (Lipinski definition) is 2. The Hall–Kier alpha value is -3.02. The Morgan fingerprint density at radius 1 is 1.22 bits per heavy atom. The van der Waals surface area contributed by atoms with Crippen LogP contribution < -0.4 is 5.32 Å². The van der Waals surface area contributed by atoms with Gasteiger partial charge in [0.15, 0.2) is 5.76 Å². The van der Waals surface area contributed by atoms with E-state index in [1.165, 1.54) is 0 Å². The van der Waals surface area contributed by atoms with Crippen molar-refractivity contribution >= 4 is 11.6 Å². The van der Waals surface area contributed by atoms with Crippen LogP contribution in [0.1, 0.15) is 58.6 Å². The highest BCUT2D eigenvalue weighted by Crippen LogP contribution is 2.31. The van der Waals surface area contributed by atoms with Gasteiger partial charge in [0.25, 0.3) is 5.91 Å². The molecule has 2 N–H and O–H groups in total. The second kappa shape index (κ2) is 7.31. The van der Waals surface area contributed by atoms with Crippen molar-refractivity contribution in [3.63, 3.8) is 0 Å². The van der Waals surface area contributed by atoms with Crippen molar-refractivity contribution in [2.24, 2.45) is 0 Å². The van der Waals surface area contributed by atoms with Gasteiger partial charge in [-0.3, -0.25) is 9.48 Å². The third-order valence-electron chi connectivity index (χ3n) is 4.54. The number of benzene rings is 1. The van der Waals surface area contributed by atoms with Crippen molar-refractivity contribution in [3.05, 3.63) is 64.4 Å². The highest BCUT2D eigenvalue weighted by atomic mass is 16.4. The maximum atomic E-state index is 12.6. The Morgan fingerprint density at radius 3 is 2.59 bits per heavy atom. The Labute approximate surface area is 158 Å². The number of aromatic nitrogens is 2. The average molecular weight is 367 g/mol. The fourth-order valence-corrected chi connectivity index (χ4v) is 3.06. The first-order valence-corrected chi connectivity index (χ1v) is 8.99. The van der Waals surface area contributed by atoms with Gasteiger partial charge in [0.05, 0.1) is 12.2 Å². The zero-order valence-corrected chi connectivity index (χ0v) is 16.3. The minimum Gasteiger partial charge on any atom is -0.508 e. The minimum absolute atomic E-state index is 0.150. The van der Waals surface area contributed by atoms with E-state index in [4.69, 9.17) is 4.42 Å². The van der Waals surface area contributed by atoms with Crippen LogP contribution in [-0.2, 0) is 6.54 Å². The molecule has 0 saturated carbocycles. The summed E-state index contributed by atoms with van der Waals surface area (Å²) < 4.78 is 7.55. The number of hydrogen-bond acceptors (Lipinski definition) is 4. The third kappa shape index (κ3) is 4.05. The summed E-state index contributed by atoms with van der Waals surface area (Å²) in [6, 6.07) is 8.93. The Kier molecular flexibility index (Phi) is 5.08. The summed E-state index contributed by atoms with van der Waals surface area (Å²) in [4.78, 5) is 12.6. The minimum atomic E-state index is -0.321. The van der Waals surface area contributed by atoms with Crippen molar-refractivity contribution < 1.29 is 14.3 Å².